The quantitative estimate of drug-likeness (QED) is 0.801. The predicted octanol–water partition coefficient (Wildman–Crippen LogP) is 3.88. The number of hydrogen-bond acceptors (Lipinski definition) is 2. The Bertz CT molecular complexity index is 362. The minimum atomic E-state index is -0.199. The van der Waals surface area contributed by atoms with Crippen molar-refractivity contribution in [2.45, 2.75) is 57.5 Å². The van der Waals surface area contributed by atoms with E-state index in [-0.39, 0.29) is 12.0 Å². The second-order valence-corrected chi connectivity index (χ2v) is 5.20. The highest BCUT2D eigenvalue weighted by atomic mass is 16.5. The summed E-state index contributed by atoms with van der Waals surface area (Å²) in [7, 11) is 0. The van der Waals surface area contributed by atoms with Gasteiger partial charge in [0.1, 0.15) is 5.75 Å². The van der Waals surface area contributed by atoms with Gasteiger partial charge in [-0.1, -0.05) is 44.4 Å². The van der Waals surface area contributed by atoms with Gasteiger partial charge in [0.05, 0.1) is 12.7 Å². The topological polar surface area (TPSA) is 29.5 Å². The Morgan fingerprint density at radius 1 is 1.22 bits per heavy atom. The fourth-order valence-corrected chi connectivity index (χ4v) is 2.72. The summed E-state index contributed by atoms with van der Waals surface area (Å²) in [4.78, 5) is 0. The van der Waals surface area contributed by atoms with Crippen molar-refractivity contribution in [1.82, 2.24) is 0 Å². The van der Waals surface area contributed by atoms with E-state index in [1.807, 2.05) is 18.2 Å². The molecule has 0 heterocycles. The van der Waals surface area contributed by atoms with Crippen LogP contribution in [0.2, 0.25) is 0 Å². The number of hydrogen-bond donors (Lipinski definition) is 1. The zero-order valence-corrected chi connectivity index (χ0v) is 11.3. The number of ether oxygens (including phenoxy) is 1. The maximum Gasteiger partial charge on any atom is 0.122 e. The molecule has 0 amide bonds. The van der Waals surface area contributed by atoms with Gasteiger partial charge in [0.15, 0.2) is 0 Å². The fourth-order valence-electron chi connectivity index (χ4n) is 2.72. The van der Waals surface area contributed by atoms with Crippen molar-refractivity contribution in [2.24, 2.45) is 0 Å². The molecule has 2 rings (SSSR count). The highest BCUT2D eigenvalue weighted by molar-refractivity contribution is 5.37. The van der Waals surface area contributed by atoms with E-state index < -0.39 is 0 Å². The van der Waals surface area contributed by atoms with Crippen LogP contribution in [0.1, 0.15) is 56.9 Å². The van der Waals surface area contributed by atoms with E-state index in [1.54, 1.807) is 0 Å². The third kappa shape index (κ3) is 3.26. The molecule has 2 heteroatoms. The lowest BCUT2D eigenvalue weighted by Gasteiger charge is -2.29. The van der Waals surface area contributed by atoms with Crippen LogP contribution >= 0.6 is 0 Å². The van der Waals surface area contributed by atoms with Crippen LogP contribution in [0.3, 0.4) is 0 Å². The number of aliphatic hydroxyl groups is 1. The van der Waals surface area contributed by atoms with Crippen molar-refractivity contribution in [2.75, 3.05) is 6.61 Å². The van der Waals surface area contributed by atoms with Gasteiger partial charge in [0, 0.05) is 5.92 Å². The molecule has 0 radical (unpaired) electrons. The smallest absolute Gasteiger partial charge is 0.122 e. The molecule has 18 heavy (non-hydrogen) atoms. The van der Waals surface area contributed by atoms with E-state index in [0.29, 0.717) is 0 Å². The molecule has 0 unspecified atom stereocenters. The number of para-hydroxylation sites is 1. The van der Waals surface area contributed by atoms with Crippen LogP contribution < -0.4 is 4.74 Å². The van der Waals surface area contributed by atoms with E-state index >= 15 is 0 Å². The van der Waals surface area contributed by atoms with Gasteiger partial charge >= 0.3 is 0 Å². The highest BCUT2D eigenvalue weighted by Crippen LogP contribution is 2.37. The summed E-state index contributed by atoms with van der Waals surface area (Å²) in [5.74, 6) is 1.23. The van der Waals surface area contributed by atoms with Gasteiger partial charge in [-0.15, -0.1) is 0 Å². The average Bonchev–Trinajstić information content (AvgIpc) is 2.40. The normalized spacial score (nSPS) is 23.9. The van der Waals surface area contributed by atoms with Crippen LogP contribution in [0.5, 0.6) is 5.75 Å². The second kappa shape index (κ2) is 6.79. The van der Waals surface area contributed by atoms with Crippen molar-refractivity contribution in [1.29, 1.82) is 0 Å². The number of aliphatic hydroxyl groups excluding tert-OH is 1. The van der Waals surface area contributed by atoms with Crippen molar-refractivity contribution < 1.29 is 9.84 Å². The minimum Gasteiger partial charge on any atom is -0.493 e. The Labute approximate surface area is 110 Å². The summed E-state index contributed by atoms with van der Waals surface area (Å²) >= 11 is 0. The van der Waals surface area contributed by atoms with Gasteiger partial charge in [0.2, 0.25) is 0 Å². The van der Waals surface area contributed by atoms with Gasteiger partial charge in [-0.2, -0.15) is 0 Å². The van der Waals surface area contributed by atoms with Crippen LogP contribution in [0.25, 0.3) is 0 Å². The van der Waals surface area contributed by atoms with Crippen molar-refractivity contribution >= 4 is 0 Å². The highest BCUT2D eigenvalue weighted by Gasteiger charge is 2.26. The number of unbranched alkanes of at least 4 members (excludes halogenated alkanes) is 1. The molecule has 0 aliphatic heterocycles. The first kappa shape index (κ1) is 13.4. The molecule has 2 nitrogen and oxygen atoms in total. The molecule has 2 atom stereocenters. The molecule has 0 bridgehead atoms. The lowest BCUT2D eigenvalue weighted by atomic mass is 9.81. The third-order valence-electron chi connectivity index (χ3n) is 3.80. The molecule has 1 aromatic rings. The maximum atomic E-state index is 10.2. The van der Waals surface area contributed by atoms with Gasteiger partial charge in [-0.05, 0) is 30.9 Å². The number of rotatable bonds is 5. The molecule has 0 saturated heterocycles. The molecular weight excluding hydrogens is 224 g/mol. The maximum absolute atomic E-state index is 10.2. The molecule has 0 aromatic heterocycles. The molecule has 1 fully saturated rings. The molecule has 1 aliphatic carbocycles. The van der Waals surface area contributed by atoms with Crippen LogP contribution in [0, 0.1) is 0 Å². The van der Waals surface area contributed by atoms with Gasteiger partial charge < -0.3 is 9.84 Å². The Morgan fingerprint density at radius 3 is 2.78 bits per heavy atom. The minimum absolute atomic E-state index is 0.199. The molecule has 1 N–H and O–H groups in total. The SMILES string of the molecule is CCCCOc1ccccc1[C@@H]1CCCC[C@H]1O. The third-order valence-corrected chi connectivity index (χ3v) is 3.80. The van der Waals surface area contributed by atoms with Crippen molar-refractivity contribution in [3.05, 3.63) is 29.8 Å². The Morgan fingerprint density at radius 2 is 2.00 bits per heavy atom. The summed E-state index contributed by atoms with van der Waals surface area (Å²) in [6.07, 6.45) is 6.40. The first-order valence-corrected chi connectivity index (χ1v) is 7.22. The Balaban J connectivity index is 2.10. The van der Waals surface area contributed by atoms with Crippen LogP contribution in [-0.2, 0) is 0 Å². The van der Waals surface area contributed by atoms with Gasteiger partial charge in [0.25, 0.3) is 0 Å². The molecule has 1 aromatic carbocycles. The van der Waals surface area contributed by atoms with Crippen LogP contribution in [-0.4, -0.2) is 17.8 Å². The van der Waals surface area contributed by atoms with E-state index in [0.717, 1.165) is 44.5 Å². The van der Waals surface area contributed by atoms with Crippen molar-refractivity contribution in [3.8, 4) is 5.75 Å². The van der Waals surface area contributed by atoms with Crippen molar-refractivity contribution in [3.63, 3.8) is 0 Å². The van der Waals surface area contributed by atoms with E-state index in [4.69, 9.17) is 4.74 Å². The summed E-state index contributed by atoms with van der Waals surface area (Å²) in [6, 6.07) is 8.20. The molecule has 0 spiro atoms. The molecule has 100 valence electrons. The monoisotopic (exact) mass is 248 g/mol. The number of benzene rings is 1. The van der Waals surface area contributed by atoms with E-state index in [1.165, 1.54) is 12.0 Å². The standard InChI is InChI=1S/C16H24O2/c1-2-3-12-18-16-11-7-5-9-14(16)13-8-4-6-10-15(13)17/h5,7,9,11,13,15,17H,2-4,6,8,10,12H2,1H3/t13-,15+/m0/s1. The van der Waals surface area contributed by atoms with Gasteiger partial charge in [-0.25, -0.2) is 0 Å². The lowest BCUT2D eigenvalue weighted by Crippen LogP contribution is -2.23. The zero-order valence-electron chi connectivity index (χ0n) is 11.3. The first-order valence-electron chi connectivity index (χ1n) is 7.22. The summed E-state index contributed by atoms with van der Waals surface area (Å²) in [5.41, 5.74) is 1.20. The zero-order chi connectivity index (χ0) is 12.8. The largest absolute Gasteiger partial charge is 0.493 e. The van der Waals surface area contributed by atoms with E-state index in [9.17, 15) is 5.11 Å². The fraction of sp³-hybridized carbons (Fsp3) is 0.625. The predicted molar refractivity (Wildman–Crippen MR) is 74.1 cm³/mol. The molecular formula is C16H24O2. The van der Waals surface area contributed by atoms with Crippen LogP contribution in [0.4, 0.5) is 0 Å². The Hall–Kier alpha value is -1.02. The lowest BCUT2D eigenvalue weighted by molar-refractivity contribution is 0.104. The summed E-state index contributed by atoms with van der Waals surface area (Å²) < 4.78 is 5.87. The average molecular weight is 248 g/mol. The summed E-state index contributed by atoms with van der Waals surface area (Å²) in [6.45, 7) is 2.94. The van der Waals surface area contributed by atoms with E-state index in [2.05, 4.69) is 13.0 Å². The second-order valence-electron chi connectivity index (χ2n) is 5.20. The first-order chi connectivity index (χ1) is 8.83. The molecule has 1 saturated carbocycles. The van der Waals surface area contributed by atoms with Gasteiger partial charge in [-0.3, -0.25) is 0 Å². The van der Waals surface area contributed by atoms with Crippen LogP contribution in [0.15, 0.2) is 24.3 Å². The Kier molecular flexibility index (Phi) is 5.06. The summed E-state index contributed by atoms with van der Waals surface area (Å²) in [5, 5.41) is 10.2. The molecule has 1 aliphatic rings.